The lowest BCUT2D eigenvalue weighted by atomic mass is 10.0. The van der Waals surface area contributed by atoms with E-state index in [1.807, 2.05) is 6.92 Å². The van der Waals surface area contributed by atoms with Crippen LogP contribution in [0, 0.1) is 12.7 Å². The van der Waals surface area contributed by atoms with Gasteiger partial charge in [0.15, 0.2) is 10.9 Å². The van der Waals surface area contributed by atoms with Gasteiger partial charge in [-0.25, -0.2) is 19.3 Å². The van der Waals surface area contributed by atoms with Crippen molar-refractivity contribution >= 4 is 28.1 Å². The van der Waals surface area contributed by atoms with Crippen molar-refractivity contribution < 1.29 is 4.39 Å². The van der Waals surface area contributed by atoms with E-state index in [0.717, 1.165) is 29.1 Å². The molecular formula is C23H18ClFN10OS. The molecule has 11 nitrogen and oxygen atoms in total. The Morgan fingerprint density at radius 1 is 1.30 bits per heavy atom. The van der Waals surface area contributed by atoms with Crippen molar-refractivity contribution in [1.82, 2.24) is 44.7 Å². The number of thiazole rings is 1. The number of imidazole rings is 1. The molecule has 1 spiro atoms. The summed E-state index contributed by atoms with van der Waals surface area (Å²) in [6, 6.07) is 4.02. The van der Waals surface area contributed by atoms with Gasteiger partial charge in [-0.1, -0.05) is 22.9 Å². The predicted molar refractivity (Wildman–Crippen MR) is 134 cm³/mol. The molecule has 0 amide bonds. The first-order valence-electron chi connectivity index (χ1n) is 11.5. The van der Waals surface area contributed by atoms with Gasteiger partial charge in [-0.3, -0.25) is 9.36 Å². The maximum atomic E-state index is 15.4. The highest BCUT2D eigenvalue weighted by molar-refractivity contribution is 7.18. The number of rotatable bonds is 4. The molecule has 1 saturated carbocycles. The number of aromatic nitrogens is 9. The minimum Gasteiger partial charge on any atom is -0.375 e. The summed E-state index contributed by atoms with van der Waals surface area (Å²) in [4.78, 5) is 31.6. The summed E-state index contributed by atoms with van der Waals surface area (Å²) in [6.45, 7) is 1.89. The van der Waals surface area contributed by atoms with Gasteiger partial charge in [-0.05, 0) is 48.7 Å². The van der Waals surface area contributed by atoms with Gasteiger partial charge in [0.25, 0.3) is 5.56 Å². The number of nitrogens with one attached hydrogen (secondary N) is 1. The molecule has 3 N–H and O–H groups in total. The van der Waals surface area contributed by atoms with Crippen LogP contribution in [0.1, 0.15) is 42.6 Å². The molecule has 1 atom stereocenters. The van der Waals surface area contributed by atoms with Gasteiger partial charge in [0, 0.05) is 11.5 Å². The zero-order valence-corrected chi connectivity index (χ0v) is 20.9. The van der Waals surface area contributed by atoms with Crippen molar-refractivity contribution in [2.75, 3.05) is 5.73 Å². The van der Waals surface area contributed by atoms with Crippen molar-refractivity contribution in [2.45, 2.75) is 37.6 Å². The molecule has 0 bridgehead atoms. The molecular weight excluding hydrogens is 519 g/mol. The van der Waals surface area contributed by atoms with Gasteiger partial charge in [0.1, 0.15) is 18.0 Å². The number of aromatic amines is 1. The van der Waals surface area contributed by atoms with Crippen molar-refractivity contribution in [3.8, 4) is 27.5 Å². The summed E-state index contributed by atoms with van der Waals surface area (Å²) in [5.74, 6) is 0.588. The van der Waals surface area contributed by atoms with Crippen molar-refractivity contribution in [3.63, 3.8) is 0 Å². The molecule has 1 aromatic carbocycles. The predicted octanol–water partition coefficient (Wildman–Crippen LogP) is 3.44. The van der Waals surface area contributed by atoms with E-state index >= 15 is 4.39 Å². The molecule has 37 heavy (non-hydrogen) atoms. The van der Waals surface area contributed by atoms with Crippen LogP contribution >= 0.6 is 22.9 Å². The van der Waals surface area contributed by atoms with E-state index in [9.17, 15) is 4.79 Å². The van der Waals surface area contributed by atoms with Crippen LogP contribution in [0.4, 0.5) is 9.52 Å². The Hall–Kier alpha value is -3.97. The third-order valence-electron chi connectivity index (χ3n) is 7.07. The highest BCUT2D eigenvalue weighted by Crippen LogP contribution is 2.58. The number of nitrogens with two attached hydrogens (primary N) is 1. The van der Waals surface area contributed by atoms with Gasteiger partial charge >= 0.3 is 0 Å². The normalized spacial score (nSPS) is 17.4. The number of aryl methyl sites for hydroxylation is 1. The lowest BCUT2D eigenvalue weighted by Gasteiger charge is -2.15. The number of fused-ring (bicyclic) bond motifs is 2. The van der Waals surface area contributed by atoms with Crippen molar-refractivity contribution in [2.24, 2.45) is 0 Å². The lowest BCUT2D eigenvalue weighted by molar-refractivity contribution is 0.542. The van der Waals surface area contributed by atoms with Crippen LogP contribution in [0.15, 0.2) is 35.5 Å². The van der Waals surface area contributed by atoms with Gasteiger partial charge in [0.2, 0.25) is 0 Å². The van der Waals surface area contributed by atoms with E-state index in [4.69, 9.17) is 22.3 Å². The second-order valence-electron chi connectivity index (χ2n) is 9.33. The Morgan fingerprint density at radius 2 is 2.14 bits per heavy atom. The van der Waals surface area contributed by atoms with E-state index in [-0.39, 0.29) is 33.3 Å². The van der Waals surface area contributed by atoms with Crippen molar-refractivity contribution in [3.05, 3.63) is 69.3 Å². The van der Waals surface area contributed by atoms with E-state index in [2.05, 4.69) is 30.5 Å². The van der Waals surface area contributed by atoms with E-state index in [0.29, 0.717) is 28.9 Å². The van der Waals surface area contributed by atoms with E-state index in [1.54, 1.807) is 16.8 Å². The van der Waals surface area contributed by atoms with E-state index < -0.39 is 5.82 Å². The largest absolute Gasteiger partial charge is 0.375 e. The number of nitrogens with zero attached hydrogens (tertiary/aromatic N) is 8. The van der Waals surface area contributed by atoms with Crippen LogP contribution < -0.4 is 11.3 Å². The number of anilines is 1. The maximum Gasteiger partial charge on any atom is 0.254 e. The standard InChI is InChI=1S/C23H18ClFN10OS/c1-10-19(37-22(26)29-10)13-8-27-20(30-13)15-7-23(4-5-23)21-31-12(6-16(36)35(15)21)17-14(34-9-28-32-33-34)3-2-11(24)18(17)25/h2-3,6,8-9,15H,4-5,7H2,1H3,(H2,26,29)(H,27,30)/t15-/m1/s1. The summed E-state index contributed by atoms with van der Waals surface area (Å²) in [6.07, 6.45) is 5.52. The Labute approximate surface area is 217 Å². The quantitative estimate of drug-likeness (QED) is 0.355. The van der Waals surface area contributed by atoms with Crippen LogP contribution in [0.3, 0.4) is 0 Å². The fourth-order valence-corrected chi connectivity index (χ4v) is 6.14. The molecule has 2 aliphatic rings. The van der Waals surface area contributed by atoms with Gasteiger partial charge in [-0.15, -0.1) is 5.10 Å². The zero-order chi connectivity index (χ0) is 25.5. The number of benzene rings is 1. The second-order valence-corrected chi connectivity index (χ2v) is 10.8. The minimum atomic E-state index is -0.694. The second kappa shape index (κ2) is 7.76. The maximum absolute atomic E-state index is 15.4. The molecule has 14 heteroatoms. The molecule has 0 radical (unpaired) electrons. The number of nitrogen functional groups attached to an aromatic ring is 1. The number of tetrazole rings is 1. The Bertz CT molecular complexity index is 1750. The minimum absolute atomic E-state index is 0.0677. The van der Waals surface area contributed by atoms with Crippen LogP contribution in [-0.2, 0) is 5.41 Å². The topological polar surface area (TPSA) is 146 Å². The molecule has 7 rings (SSSR count). The molecule has 1 aliphatic carbocycles. The Morgan fingerprint density at radius 3 is 2.84 bits per heavy atom. The van der Waals surface area contributed by atoms with Gasteiger partial charge < -0.3 is 10.7 Å². The third-order valence-corrected chi connectivity index (χ3v) is 8.38. The monoisotopic (exact) mass is 536 g/mol. The average molecular weight is 537 g/mol. The molecule has 4 aromatic heterocycles. The number of halogens is 2. The van der Waals surface area contributed by atoms with Crippen LogP contribution in [0.5, 0.6) is 0 Å². The summed E-state index contributed by atoms with van der Waals surface area (Å²) >= 11 is 7.50. The molecule has 5 aromatic rings. The summed E-state index contributed by atoms with van der Waals surface area (Å²) in [7, 11) is 0. The lowest BCUT2D eigenvalue weighted by Crippen LogP contribution is -2.25. The molecule has 5 heterocycles. The molecule has 1 aliphatic heterocycles. The first-order chi connectivity index (χ1) is 17.8. The van der Waals surface area contributed by atoms with Gasteiger partial charge in [0.05, 0.1) is 50.5 Å². The fraction of sp³-hybridized carbons (Fsp3) is 0.261. The summed E-state index contributed by atoms with van der Waals surface area (Å²) in [5.41, 5.74) is 7.50. The summed E-state index contributed by atoms with van der Waals surface area (Å²) in [5, 5.41) is 11.5. The average Bonchev–Trinajstić information content (AvgIpc) is 3.30. The molecule has 0 saturated heterocycles. The number of hydrogen-bond acceptors (Lipinski definition) is 9. The molecule has 186 valence electrons. The first kappa shape index (κ1) is 22.2. The highest BCUT2D eigenvalue weighted by atomic mass is 35.5. The van der Waals surface area contributed by atoms with Crippen LogP contribution in [0.2, 0.25) is 5.02 Å². The van der Waals surface area contributed by atoms with Crippen LogP contribution in [0.25, 0.3) is 27.5 Å². The van der Waals surface area contributed by atoms with Crippen molar-refractivity contribution in [1.29, 1.82) is 0 Å². The first-order valence-corrected chi connectivity index (χ1v) is 12.7. The highest BCUT2D eigenvalue weighted by Gasteiger charge is 2.55. The number of hydrogen-bond donors (Lipinski definition) is 2. The Balaban J connectivity index is 1.36. The Kier molecular flexibility index (Phi) is 4.67. The zero-order valence-electron chi connectivity index (χ0n) is 19.3. The van der Waals surface area contributed by atoms with E-state index in [1.165, 1.54) is 34.5 Å². The summed E-state index contributed by atoms with van der Waals surface area (Å²) < 4.78 is 18.4. The SMILES string of the molecule is Cc1nc(N)sc1-c1cnc([C@H]2CC3(CC3)c3nc(-c4c(-n5cnnn5)ccc(Cl)c4F)cc(=O)n32)[nH]1. The van der Waals surface area contributed by atoms with Gasteiger partial charge in [-0.2, -0.15) is 4.68 Å². The fourth-order valence-electron chi connectivity index (χ4n) is 5.18. The third kappa shape index (κ3) is 3.34. The molecule has 0 unspecified atom stereocenters. The smallest absolute Gasteiger partial charge is 0.254 e. The number of H-pyrrole nitrogens is 1. The molecule has 1 fully saturated rings. The van der Waals surface area contributed by atoms with Crippen LogP contribution in [-0.4, -0.2) is 44.7 Å².